The molecular formula is C34H38N8O12S2. The highest BCUT2D eigenvalue weighted by atomic mass is 32.2. The largest absolute Gasteiger partial charge is 0.493 e. The first-order chi connectivity index (χ1) is 26.1. The van der Waals surface area contributed by atoms with Crippen molar-refractivity contribution in [2.24, 2.45) is 31.9 Å². The van der Waals surface area contributed by atoms with Gasteiger partial charge in [-0.15, -0.1) is 10.2 Å². The van der Waals surface area contributed by atoms with Crippen LogP contribution in [0.5, 0.6) is 11.8 Å². The summed E-state index contributed by atoms with van der Waals surface area (Å²) in [5.41, 5.74) is 5.92. The van der Waals surface area contributed by atoms with Crippen molar-refractivity contribution < 1.29 is 45.7 Å². The molecule has 56 heavy (non-hydrogen) atoms. The Balaban J connectivity index is 1.86. The van der Waals surface area contributed by atoms with Crippen LogP contribution in [0.1, 0.15) is 71.4 Å². The van der Waals surface area contributed by atoms with Crippen LogP contribution in [-0.2, 0) is 33.3 Å². The number of carbonyl (C=O) groups is 2. The van der Waals surface area contributed by atoms with Gasteiger partial charge in [-0.3, -0.25) is 37.4 Å². The molecule has 0 saturated carbocycles. The number of aromatic hydroxyl groups is 2. The van der Waals surface area contributed by atoms with E-state index in [-0.39, 0.29) is 47.0 Å². The number of pyridine rings is 2. The van der Waals surface area contributed by atoms with Gasteiger partial charge in [0.25, 0.3) is 43.2 Å². The van der Waals surface area contributed by atoms with Gasteiger partial charge in [0.2, 0.25) is 11.8 Å². The summed E-state index contributed by atoms with van der Waals surface area (Å²) in [6, 6.07) is 5.99. The maximum Gasteiger partial charge on any atom is 0.295 e. The molecule has 0 fully saturated rings. The summed E-state index contributed by atoms with van der Waals surface area (Å²) in [4.78, 5) is 48.2. The number of unbranched alkanes of at least 4 members (excludes halogenated alkanes) is 2. The first kappa shape index (κ1) is 42.6. The van der Waals surface area contributed by atoms with Gasteiger partial charge in [0.05, 0.1) is 11.4 Å². The second kappa shape index (κ2) is 16.7. The molecule has 4 aromatic rings. The third kappa shape index (κ3) is 8.72. The number of azo groups is 2. The van der Waals surface area contributed by atoms with Gasteiger partial charge in [-0.25, -0.2) is 0 Å². The highest BCUT2D eigenvalue weighted by Crippen LogP contribution is 2.39. The molecule has 0 spiro atoms. The van der Waals surface area contributed by atoms with Crippen LogP contribution in [0.15, 0.2) is 76.2 Å². The molecule has 2 heterocycles. The van der Waals surface area contributed by atoms with Crippen molar-refractivity contribution in [2.75, 3.05) is 0 Å². The molecule has 0 saturated heterocycles. The number of benzene rings is 2. The lowest BCUT2D eigenvalue weighted by atomic mass is 10.0. The Hall–Kier alpha value is -6.10. The van der Waals surface area contributed by atoms with E-state index < -0.39 is 87.0 Å². The summed E-state index contributed by atoms with van der Waals surface area (Å²) < 4.78 is 72.7. The minimum absolute atomic E-state index is 0.00796. The number of amides is 2. The molecule has 20 nitrogen and oxygen atoms in total. The van der Waals surface area contributed by atoms with Crippen LogP contribution in [0, 0.1) is 13.8 Å². The molecule has 0 atom stereocenters. The van der Waals surface area contributed by atoms with E-state index >= 15 is 0 Å². The van der Waals surface area contributed by atoms with Crippen molar-refractivity contribution in [3.8, 4) is 22.9 Å². The quantitative estimate of drug-likeness (QED) is 0.0694. The maximum atomic E-state index is 12.9. The standard InChI is InChI=1S/C34H38N8O12S2/c1-5-7-13-41-31(45)25(29(35)43)17(3)27(33(41)47)39-37-19-9-11-21(23(15-19)55(49,50)51)22-12-10-20(16-24(22)56(52,53)54)38-40-28-18(4)26(30(36)44)32(46)42(34(28)48)14-8-6-2/h9-12,15-16,47-48H,5-8,13-14H2,1-4H3,(H2,35,43)(H2,36,44)(H,49,50,51)(H,52,53,54). The van der Waals surface area contributed by atoms with Crippen LogP contribution in [0.2, 0.25) is 0 Å². The van der Waals surface area contributed by atoms with Crippen LogP contribution < -0.4 is 22.6 Å². The average molecular weight is 815 g/mol. The van der Waals surface area contributed by atoms with E-state index in [2.05, 4.69) is 20.5 Å². The summed E-state index contributed by atoms with van der Waals surface area (Å²) in [5.74, 6) is -3.47. The molecule has 0 aliphatic rings. The van der Waals surface area contributed by atoms with E-state index in [0.717, 1.165) is 45.5 Å². The molecule has 0 bridgehead atoms. The zero-order chi connectivity index (χ0) is 41.9. The first-order valence-electron chi connectivity index (χ1n) is 16.7. The zero-order valence-corrected chi connectivity index (χ0v) is 32.0. The van der Waals surface area contributed by atoms with E-state index in [1.54, 1.807) is 0 Å². The summed E-state index contributed by atoms with van der Waals surface area (Å²) in [7, 11) is -10.3. The smallest absolute Gasteiger partial charge is 0.295 e. The summed E-state index contributed by atoms with van der Waals surface area (Å²) >= 11 is 0. The van der Waals surface area contributed by atoms with Gasteiger partial charge in [0, 0.05) is 35.3 Å². The van der Waals surface area contributed by atoms with Gasteiger partial charge in [0.1, 0.15) is 32.3 Å². The fraction of sp³-hybridized carbons (Fsp3) is 0.294. The Kier molecular flexibility index (Phi) is 12.7. The number of hydrogen-bond donors (Lipinski definition) is 6. The fourth-order valence-corrected chi connectivity index (χ4v) is 7.16. The normalized spacial score (nSPS) is 12.2. The number of carbonyl (C=O) groups excluding carboxylic acids is 2. The molecule has 8 N–H and O–H groups in total. The zero-order valence-electron chi connectivity index (χ0n) is 30.4. The maximum absolute atomic E-state index is 12.9. The van der Waals surface area contributed by atoms with E-state index in [1.807, 2.05) is 13.8 Å². The Labute approximate surface area is 319 Å². The van der Waals surface area contributed by atoms with Gasteiger partial charge < -0.3 is 21.7 Å². The van der Waals surface area contributed by atoms with Crippen molar-refractivity contribution >= 4 is 54.8 Å². The second-order valence-electron chi connectivity index (χ2n) is 12.4. The molecule has 4 rings (SSSR count). The minimum Gasteiger partial charge on any atom is -0.493 e. The van der Waals surface area contributed by atoms with Crippen LogP contribution >= 0.6 is 0 Å². The van der Waals surface area contributed by atoms with Gasteiger partial charge >= 0.3 is 0 Å². The monoisotopic (exact) mass is 814 g/mol. The number of nitrogens with two attached hydrogens (primary N) is 2. The summed E-state index contributed by atoms with van der Waals surface area (Å²) in [5, 5.41) is 37.4. The molecule has 2 aromatic carbocycles. The van der Waals surface area contributed by atoms with Crippen molar-refractivity contribution in [2.45, 2.75) is 76.3 Å². The second-order valence-corrected chi connectivity index (χ2v) is 15.2. The summed E-state index contributed by atoms with van der Waals surface area (Å²) in [6.07, 6.45) is 2.13. The molecule has 2 aromatic heterocycles. The number of rotatable bonds is 15. The number of nitrogens with zero attached hydrogens (tertiary/aromatic N) is 6. The third-order valence-corrected chi connectivity index (χ3v) is 10.4. The van der Waals surface area contributed by atoms with Crippen LogP contribution in [0.3, 0.4) is 0 Å². The van der Waals surface area contributed by atoms with Crippen molar-refractivity contribution in [3.05, 3.63) is 79.4 Å². The molecule has 2 amide bonds. The van der Waals surface area contributed by atoms with Gasteiger partial charge in [-0.2, -0.15) is 27.1 Å². The Morgan fingerprint density at radius 2 is 0.982 bits per heavy atom. The number of primary amides is 2. The van der Waals surface area contributed by atoms with E-state index in [1.165, 1.54) is 13.8 Å². The lowest BCUT2D eigenvalue weighted by molar-refractivity contribution is 0.0989. The Bertz CT molecular complexity index is 2490. The Morgan fingerprint density at radius 1 is 0.643 bits per heavy atom. The average Bonchev–Trinajstić information content (AvgIpc) is 3.10. The molecule has 22 heteroatoms. The first-order valence-corrected chi connectivity index (χ1v) is 19.6. The van der Waals surface area contributed by atoms with Gasteiger partial charge in [0.15, 0.2) is 0 Å². The lowest BCUT2D eigenvalue weighted by Crippen LogP contribution is -2.31. The number of aromatic nitrogens is 2. The molecule has 298 valence electrons. The fourth-order valence-electron chi connectivity index (χ4n) is 5.71. The Morgan fingerprint density at radius 3 is 1.27 bits per heavy atom. The van der Waals surface area contributed by atoms with E-state index in [9.17, 15) is 55.3 Å². The molecule has 0 radical (unpaired) electrons. The lowest BCUT2D eigenvalue weighted by Gasteiger charge is -2.14. The van der Waals surface area contributed by atoms with E-state index in [4.69, 9.17) is 11.5 Å². The minimum atomic E-state index is -5.17. The van der Waals surface area contributed by atoms with Crippen LogP contribution in [0.4, 0.5) is 22.7 Å². The van der Waals surface area contributed by atoms with Crippen molar-refractivity contribution in [1.82, 2.24) is 9.13 Å². The topological polar surface area (TPSA) is 329 Å². The van der Waals surface area contributed by atoms with Crippen LogP contribution in [0.25, 0.3) is 11.1 Å². The highest BCUT2D eigenvalue weighted by molar-refractivity contribution is 7.86. The highest BCUT2D eigenvalue weighted by Gasteiger charge is 2.26. The van der Waals surface area contributed by atoms with E-state index in [0.29, 0.717) is 25.7 Å². The third-order valence-electron chi connectivity index (χ3n) is 8.58. The van der Waals surface area contributed by atoms with Crippen LogP contribution in [-0.4, -0.2) is 57.1 Å². The summed E-state index contributed by atoms with van der Waals surface area (Å²) in [6.45, 7) is 6.26. The van der Waals surface area contributed by atoms with Gasteiger partial charge in [-0.1, -0.05) is 38.8 Å². The van der Waals surface area contributed by atoms with Crippen molar-refractivity contribution in [3.63, 3.8) is 0 Å². The molecule has 0 aliphatic carbocycles. The molecule has 0 unspecified atom stereocenters. The molecule has 0 aliphatic heterocycles. The predicted octanol–water partition coefficient (Wildman–Crippen LogP) is 4.83. The SMILES string of the molecule is CCCCn1c(O)c(N=Nc2ccc(-c3ccc(N=Nc4c(C)c(C(N)=O)c(=O)n(CCCC)c4O)cc3S(=O)(=O)O)c(S(=O)(=O)O)c2)c(C)c(C(N)=O)c1=O. The predicted molar refractivity (Wildman–Crippen MR) is 201 cm³/mol. The van der Waals surface area contributed by atoms with Gasteiger partial charge in [-0.05, 0) is 51.0 Å². The number of hydrogen-bond acceptors (Lipinski definition) is 14. The molecular weight excluding hydrogens is 777 g/mol. The van der Waals surface area contributed by atoms with Crippen molar-refractivity contribution in [1.29, 1.82) is 0 Å².